The van der Waals surface area contributed by atoms with E-state index < -0.39 is 0 Å². The molecule has 0 bridgehead atoms. The maximum Gasteiger partial charge on any atom is 0.227 e. The molecule has 2 fully saturated rings. The van der Waals surface area contributed by atoms with E-state index in [1.54, 1.807) is 12.1 Å². The molecule has 3 nitrogen and oxygen atoms in total. The zero-order valence-electron chi connectivity index (χ0n) is 15.2. The molecule has 2 saturated heterocycles. The highest BCUT2D eigenvalue weighted by Crippen LogP contribution is 2.33. The van der Waals surface area contributed by atoms with Gasteiger partial charge in [0.15, 0.2) is 0 Å². The lowest BCUT2D eigenvalue weighted by Gasteiger charge is -2.38. The molecule has 1 aromatic heterocycles. The number of thiophene rings is 1. The van der Waals surface area contributed by atoms with Crippen molar-refractivity contribution in [1.82, 2.24) is 9.80 Å². The average Bonchev–Trinajstić information content (AvgIpc) is 3.23. The van der Waals surface area contributed by atoms with Gasteiger partial charge in [-0.2, -0.15) is 0 Å². The van der Waals surface area contributed by atoms with Crippen LogP contribution in [0.4, 0.5) is 4.39 Å². The first-order valence-corrected chi connectivity index (χ1v) is 10.2. The number of likely N-dealkylation sites (tertiary alicyclic amines) is 2. The fraction of sp³-hybridized carbons (Fsp3) is 0.476. The van der Waals surface area contributed by atoms with E-state index in [0.717, 1.165) is 38.2 Å². The summed E-state index contributed by atoms with van der Waals surface area (Å²) in [4.78, 5) is 20.2. The number of hydrogen-bond donors (Lipinski definition) is 0. The number of piperidine rings is 1. The molecule has 1 aromatic carbocycles. The first kappa shape index (κ1) is 17.7. The van der Waals surface area contributed by atoms with Crippen LogP contribution in [0.1, 0.15) is 28.2 Å². The number of aryl methyl sites for hydroxylation is 1. The number of hydrogen-bond acceptors (Lipinski definition) is 3. The summed E-state index contributed by atoms with van der Waals surface area (Å²) >= 11 is 1.86. The Morgan fingerprint density at radius 1 is 1.15 bits per heavy atom. The molecule has 26 heavy (non-hydrogen) atoms. The smallest absolute Gasteiger partial charge is 0.227 e. The SMILES string of the molecule is Cc1ccc(CN2CCC3CCN(C(=O)Cc4ccc(F)cc4)C3C2)s1. The predicted octanol–water partition coefficient (Wildman–Crippen LogP) is 3.86. The van der Waals surface area contributed by atoms with Crippen LogP contribution in [0.25, 0.3) is 0 Å². The topological polar surface area (TPSA) is 23.6 Å². The Labute approximate surface area is 158 Å². The molecule has 0 spiro atoms. The van der Waals surface area contributed by atoms with Gasteiger partial charge >= 0.3 is 0 Å². The second-order valence-corrected chi connectivity index (χ2v) is 8.92. The Morgan fingerprint density at radius 3 is 2.65 bits per heavy atom. The highest BCUT2D eigenvalue weighted by atomic mass is 32.1. The van der Waals surface area contributed by atoms with Crippen molar-refractivity contribution in [2.75, 3.05) is 19.6 Å². The van der Waals surface area contributed by atoms with Crippen molar-refractivity contribution in [2.24, 2.45) is 5.92 Å². The van der Waals surface area contributed by atoms with Crippen molar-refractivity contribution in [3.63, 3.8) is 0 Å². The van der Waals surface area contributed by atoms with E-state index in [0.29, 0.717) is 18.4 Å². The van der Waals surface area contributed by atoms with Gasteiger partial charge in [-0.25, -0.2) is 4.39 Å². The third kappa shape index (κ3) is 3.84. The Morgan fingerprint density at radius 2 is 1.92 bits per heavy atom. The molecule has 5 heteroatoms. The Hall–Kier alpha value is -1.72. The molecule has 2 unspecified atom stereocenters. The Kier molecular flexibility index (Phi) is 5.09. The van der Waals surface area contributed by atoms with Gasteiger partial charge in [0.2, 0.25) is 5.91 Å². The van der Waals surface area contributed by atoms with Gasteiger partial charge in [0.1, 0.15) is 5.82 Å². The highest BCUT2D eigenvalue weighted by molar-refractivity contribution is 7.11. The number of rotatable bonds is 4. The molecule has 0 aliphatic carbocycles. The van der Waals surface area contributed by atoms with E-state index in [2.05, 4.69) is 28.9 Å². The van der Waals surface area contributed by atoms with Crippen molar-refractivity contribution in [3.05, 3.63) is 57.5 Å². The zero-order valence-corrected chi connectivity index (χ0v) is 16.0. The minimum Gasteiger partial charge on any atom is -0.338 e. The van der Waals surface area contributed by atoms with Crippen LogP contribution >= 0.6 is 11.3 Å². The van der Waals surface area contributed by atoms with E-state index in [1.165, 1.54) is 28.3 Å². The van der Waals surface area contributed by atoms with Crippen molar-refractivity contribution in [2.45, 2.75) is 38.8 Å². The highest BCUT2D eigenvalue weighted by Gasteiger charge is 2.40. The van der Waals surface area contributed by atoms with Crippen LogP contribution in [0.2, 0.25) is 0 Å². The molecular weight excluding hydrogens is 347 g/mol. The lowest BCUT2D eigenvalue weighted by Crippen LogP contribution is -2.49. The number of halogens is 1. The molecule has 2 aliphatic rings. The molecule has 0 radical (unpaired) electrons. The first-order chi connectivity index (χ1) is 12.6. The third-order valence-electron chi connectivity index (χ3n) is 5.71. The second-order valence-electron chi connectivity index (χ2n) is 7.54. The summed E-state index contributed by atoms with van der Waals surface area (Å²) < 4.78 is 13.1. The maximum atomic E-state index is 13.1. The van der Waals surface area contributed by atoms with Crippen LogP contribution in [-0.2, 0) is 17.8 Å². The molecule has 2 aliphatic heterocycles. The van der Waals surface area contributed by atoms with E-state index in [4.69, 9.17) is 0 Å². The maximum absolute atomic E-state index is 13.1. The summed E-state index contributed by atoms with van der Waals surface area (Å²) in [7, 11) is 0. The molecule has 3 heterocycles. The number of amides is 1. The molecular formula is C21H25FN2OS. The third-order valence-corrected chi connectivity index (χ3v) is 6.70. The molecule has 4 rings (SSSR count). The van der Waals surface area contributed by atoms with Crippen molar-refractivity contribution in [3.8, 4) is 0 Å². The van der Waals surface area contributed by atoms with Crippen LogP contribution in [-0.4, -0.2) is 41.4 Å². The van der Waals surface area contributed by atoms with Crippen molar-refractivity contribution < 1.29 is 9.18 Å². The molecule has 0 saturated carbocycles. The number of nitrogens with zero attached hydrogens (tertiary/aromatic N) is 2. The average molecular weight is 373 g/mol. The quantitative estimate of drug-likeness (QED) is 0.814. The lowest BCUT2D eigenvalue weighted by atomic mass is 9.92. The summed E-state index contributed by atoms with van der Waals surface area (Å²) in [6.07, 6.45) is 2.66. The van der Waals surface area contributed by atoms with Gasteiger partial charge in [0, 0.05) is 35.4 Å². The van der Waals surface area contributed by atoms with E-state index in [-0.39, 0.29) is 11.7 Å². The number of fused-ring (bicyclic) bond motifs is 1. The second kappa shape index (κ2) is 7.49. The van der Waals surface area contributed by atoms with Gasteiger partial charge in [-0.1, -0.05) is 12.1 Å². The molecule has 2 atom stereocenters. The summed E-state index contributed by atoms with van der Waals surface area (Å²) in [6, 6.07) is 11.0. The van der Waals surface area contributed by atoms with Gasteiger partial charge in [-0.15, -0.1) is 11.3 Å². The lowest BCUT2D eigenvalue weighted by molar-refractivity contribution is -0.132. The fourth-order valence-corrected chi connectivity index (χ4v) is 5.26. The summed E-state index contributed by atoms with van der Waals surface area (Å²) in [5.74, 6) is 0.556. The van der Waals surface area contributed by atoms with Crippen molar-refractivity contribution >= 4 is 17.2 Å². The summed E-state index contributed by atoms with van der Waals surface area (Å²) in [5.41, 5.74) is 0.890. The number of benzene rings is 1. The Bertz CT molecular complexity index is 773. The molecule has 0 N–H and O–H groups in total. The number of carbonyl (C=O) groups is 1. The van der Waals surface area contributed by atoms with E-state index in [9.17, 15) is 9.18 Å². The minimum absolute atomic E-state index is 0.179. The van der Waals surface area contributed by atoms with Gasteiger partial charge in [-0.05, 0) is 62.1 Å². The summed E-state index contributed by atoms with van der Waals surface area (Å²) in [6.45, 7) is 6.09. The first-order valence-electron chi connectivity index (χ1n) is 9.40. The van der Waals surface area contributed by atoms with Crippen LogP contribution < -0.4 is 0 Å². The standard InChI is InChI=1S/C21H25FN2OS/c1-15-2-7-19(26-15)13-23-10-8-17-9-11-24(20(17)14-23)21(25)12-16-3-5-18(22)6-4-16/h2-7,17,20H,8-14H2,1H3. The predicted molar refractivity (Wildman–Crippen MR) is 103 cm³/mol. The van der Waals surface area contributed by atoms with Crippen molar-refractivity contribution in [1.29, 1.82) is 0 Å². The largest absolute Gasteiger partial charge is 0.338 e. The zero-order chi connectivity index (χ0) is 18.1. The molecule has 1 amide bonds. The molecule has 2 aromatic rings. The number of carbonyl (C=O) groups excluding carboxylic acids is 1. The normalized spacial score (nSPS) is 23.2. The van der Waals surface area contributed by atoms with E-state index in [1.807, 2.05) is 11.3 Å². The van der Waals surface area contributed by atoms with Gasteiger partial charge < -0.3 is 4.90 Å². The van der Waals surface area contributed by atoms with Gasteiger partial charge in [-0.3, -0.25) is 9.69 Å². The van der Waals surface area contributed by atoms with E-state index >= 15 is 0 Å². The van der Waals surface area contributed by atoms with Gasteiger partial charge in [0.25, 0.3) is 0 Å². The molecule has 138 valence electrons. The Balaban J connectivity index is 1.39. The fourth-order valence-electron chi connectivity index (χ4n) is 4.33. The van der Waals surface area contributed by atoms with Crippen LogP contribution in [0, 0.1) is 18.7 Å². The summed E-state index contributed by atoms with van der Waals surface area (Å²) in [5, 5.41) is 0. The van der Waals surface area contributed by atoms with Gasteiger partial charge in [0.05, 0.1) is 6.42 Å². The monoisotopic (exact) mass is 372 g/mol. The minimum atomic E-state index is -0.255. The van der Waals surface area contributed by atoms with Crippen LogP contribution in [0.3, 0.4) is 0 Å². The van der Waals surface area contributed by atoms with Crippen LogP contribution in [0.15, 0.2) is 36.4 Å². The van der Waals surface area contributed by atoms with Crippen LogP contribution in [0.5, 0.6) is 0 Å².